The minimum absolute atomic E-state index is 0.0717. The van der Waals surface area contributed by atoms with Crippen LogP contribution in [0.1, 0.15) is 52.0 Å². The van der Waals surface area contributed by atoms with Crippen LogP contribution in [0.4, 0.5) is 5.69 Å². The van der Waals surface area contributed by atoms with E-state index in [0.29, 0.717) is 6.42 Å². The smallest absolute Gasteiger partial charge is 0.225 e. The highest BCUT2D eigenvalue weighted by atomic mass is 16.1. The number of benzene rings is 1. The number of anilines is 1. The molecule has 0 spiro atoms. The number of carbonyl (C=O) groups excluding carboxylic acids is 1. The van der Waals surface area contributed by atoms with Crippen molar-refractivity contribution >= 4 is 11.6 Å². The molecular weight excluding hydrogens is 248 g/mol. The van der Waals surface area contributed by atoms with Crippen LogP contribution in [0.5, 0.6) is 0 Å². The van der Waals surface area contributed by atoms with Crippen molar-refractivity contribution in [3.05, 3.63) is 29.8 Å². The first-order valence-corrected chi connectivity index (χ1v) is 7.77. The second kappa shape index (κ2) is 9.54. The SMILES string of the molecule is CCCCc1ccc(NC(=O)C[C@H](C)NCCC)cc1. The minimum Gasteiger partial charge on any atom is -0.326 e. The molecule has 0 heterocycles. The summed E-state index contributed by atoms with van der Waals surface area (Å²) in [4.78, 5) is 11.9. The molecule has 0 fully saturated rings. The Hall–Kier alpha value is -1.35. The fraction of sp³-hybridized carbons (Fsp3) is 0.588. The molecule has 0 aliphatic heterocycles. The lowest BCUT2D eigenvalue weighted by Crippen LogP contribution is -2.31. The summed E-state index contributed by atoms with van der Waals surface area (Å²) in [5.74, 6) is 0.0717. The highest BCUT2D eigenvalue weighted by Gasteiger charge is 2.08. The van der Waals surface area contributed by atoms with Crippen LogP contribution in [0.25, 0.3) is 0 Å². The lowest BCUT2D eigenvalue weighted by atomic mass is 10.1. The van der Waals surface area contributed by atoms with Gasteiger partial charge in [0.2, 0.25) is 5.91 Å². The number of unbranched alkanes of at least 4 members (excludes halogenated alkanes) is 1. The maximum absolute atomic E-state index is 11.9. The molecule has 2 N–H and O–H groups in total. The van der Waals surface area contributed by atoms with Crippen molar-refractivity contribution in [2.75, 3.05) is 11.9 Å². The number of aryl methyl sites for hydroxylation is 1. The quantitative estimate of drug-likeness (QED) is 0.721. The van der Waals surface area contributed by atoms with Gasteiger partial charge in [0, 0.05) is 18.2 Å². The topological polar surface area (TPSA) is 41.1 Å². The van der Waals surface area contributed by atoms with E-state index in [1.807, 2.05) is 19.1 Å². The second-order valence-corrected chi connectivity index (χ2v) is 5.41. The van der Waals surface area contributed by atoms with Gasteiger partial charge in [-0.25, -0.2) is 0 Å². The number of nitrogens with one attached hydrogen (secondary N) is 2. The predicted molar refractivity (Wildman–Crippen MR) is 86.1 cm³/mol. The largest absolute Gasteiger partial charge is 0.326 e. The van der Waals surface area contributed by atoms with Gasteiger partial charge >= 0.3 is 0 Å². The molecule has 1 atom stereocenters. The van der Waals surface area contributed by atoms with Crippen molar-refractivity contribution in [3.63, 3.8) is 0 Å². The minimum atomic E-state index is 0.0717. The highest BCUT2D eigenvalue weighted by molar-refractivity contribution is 5.91. The monoisotopic (exact) mass is 276 g/mol. The van der Waals surface area contributed by atoms with Crippen LogP contribution in [0.3, 0.4) is 0 Å². The summed E-state index contributed by atoms with van der Waals surface area (Å²) >= 11 is 0. The number of amides is 1. The third-order valence-corrected chi connectivity index (χ3v) is 3.29. The van der Waals surface area contributed by atoms with Crippen LogP contribution >= 0.6 is 0 Å². The van der Waals surface area contributed by atoms with Crippen LogP contribution < -0.4 is 10.6 Å². The highest BCUT2D eigenvalue weighted by Crippen LogP contribution is 2.12. The molecule has 20 heavy (non-hydrogen) atoms. The van der Waals surface area contributed by atoms with Crippen LogP contribution in [-0.4, -0.2) is 18.5 Å². The Labute approximate surface area is 123 Å². The van der Waals surface area contributed by atoms with Crippen molar-refractivity contribution < 1.29 is 4.79 Å². The van der Waals surface area contributed by atoms with E-state index >= 15 is 0 Å². The molecule has 1 aromatic carbocycles. The van der Waals surface area contributed by atoms with Gasteiger partial charge in [-0.3, -0.25) is 4.79 Å². The molecule has 0 saturated heterocycles. The third kappa shape index (κ3) is 6.71. The lowest BCUT2D eigenvalue weighted by Gasteiger charge is -2.13. The molecule has 0 unspecified atom stereocenters. The summed E-state index contributed by atoms with van der Waals surface area (Å²) < 4.78 is 0. The molecule has 0 saturated carbocycles. The molecule has 112 valence electrons. The number of carbonyl (C=O) groups is 1. The van der Waals surface area contributed by atoms with Crippen LogP contribution in [0.15, 0.2) is 24.3 Å². The van der Waals surface area contributed by atoms with Gasteiger partial charge in [-0.05, 0) is 50.4 Å². The van der Waals surface area contributed by atoms with Gasteiger partial charge in [0.1, 0.15) is 0 Å². The summed E-state index contributed by atoms with van der Waals surface area (Å²) in [7, 11) is 0. The van der Waals surface area contributed by atoms with Gasteiger partial charge in [0.05, 0.1) is 0 Å². The van der Waals surface area contributed by atoms with Crippen LogP contribution in [0, 0.1) is 0 Å². The molecule has 1 aromatic rings. The molecule has 0 aromatic heterocycles. The average Bonchev–Trinajstić information content (AvgIpc) is 2.44. The Morgan fingerprint density at radius 3 is 2.45 bits per heavy atom. The Bertz CT molecular complexity index is 386. The predicted octanol–water partition coefficient (Wildman–Crippen LogP) is 3.75. The van der Waals surface area contributed by atoms with Crippen molar-refractivity contribution in [1.29, 1.82) is 0 Å². The number of hydrogen-bond acceptors (Lipinski definition) is 2. The molecular formula is C17H28N2O. The third-order valence-electron chi connectivity index (χ3n) is 3.29. The standard InChI is InChI=1S/C17H28N2O/c1-4-6-7-15-8-10-16(11-9-15)19-17(20)13-14(3)18-12-5-2/h8-11,14,18H,4-7,12-13H2,1-3H3,(H,19,20)/t14-/m0/s1. The fourth-order valence-electron chi connectivity index (χ4n) is 2.09. The maximum atomic E-state index is 11.9. The molecule has 3 nitrogen and oxygen atoms in total. The van der Waals surface area contributed by atoms with E-state index < -0.39 is 0 Å². The Balaban J connectivity index is 2.37. The molecule has 0 radical (unpaired) electrons. The van der Waals surface area contributed by atoms with Crippen molar-refractivity contribution in [1.82, 2.24) is 5.32 Å². The summed E-state index contributed by atoms with van der Waals surface area (Å²) in [6, 6.07) is 8.41. The van der Waals surface area contributed by atoms with Gasteiger partial charge in [-0.1, -0.05) is 32.4 Å². The fourth-order valence-corrected chi connectivity index (χ4v) is 2.09. The van der Waals surface area contributed by atoms with Gasteiger partial charge < -0.3 is 10.6 Å². The van der Waals surface area contributed by atoms with Crippen molar-refractivity contribution in [2.24, 2.45) is 0 Å². The van der Waals surface area contributed by atoms with E-state index in [-0.39, 0.29) is 11.9 Å². The van der Waals surface area contributed by atoms with E-state index in [1.54, 1.807) is 0 Å². The van der Waals surface area contributed by atoms with E-state index in [9.17, 15) is 4.79 Å². The molecule has 1 amide bonds. The molecule has 3 heteroatoms. The molecule has 1 rings (SSSR count). The Morgan fingerprint density at radius 1 is 1.15 bits per heavy atom. The van der Waals surface area contributed by atoms with Gasteiger partial charge in [0.25, 0.3) is 0 Å². The van der Waals surface area contributed by atoms with Gasteiger partial charge in [-0.15, -0.1) is 0 Å². The van der Waals surface area contributed by atoms with E-state index in [0.717, 1.165) is 25.1 Å². The second-order valence-electron chi connectivity index (χ2n) is 5.41. The molecule has 0 bridgehead atoms. The zero-order chi connectivity index (χ0) is 14.8. The molecule has 0 aliphatic carbocycles. The van der Waals surface area contributed by atoms with Gasteiger partial charge in [0.15, 0.2) is 0 Å². The van der Waals surface area contributed by atoms with E-state index in [2.05, 4.69) is 36.6 Å². The average molecular weight is 276 g/mol. The Kier molecular flexibility index (Phi) is 7.97. The van der Waals surface area contributed by atoms with Crippen molar-refractivity contribution in [2.45, 2.75) is 58.9 Å². The number of hydrogen-bond donors (Lipinski definition) is 2. The summed E-state index contributed by atoms with van der Waals surface area (Å²) in [5, 5.41) is 6.27. The maximum Gasteiger partial charge on any atom is 0.225 e. The normalized spacial score (nSPS) is 12.2. The van der Waals surface area contributed by atoms with E-state index in [4.69, 9.17) is 0 Å². The zero-order valence-electron chi connectivity index (χ0n) is 13.0. The van der Waals surface area contributed by atoms with Gasteiger partial charge in [-0.2, -0.15) is 0 Å². The van der Waals surface area contributed by atoms with Crippen LogP contribution in [-0.2, 0) is 11.2 Å². The van der Waals surface area contributed by atoms with Crippen molar-refractivity contribution in [3.8, 4) is 0 Å². The first kappa shape index (κ1) is 16.7. The van der Waals surface area contributed by atoms with E-state index in [1.165, 1.54) is 18.4 Å². The Morgan fingerprint density at radius 2 is 1.85 bits per heavy atom. The first-order chi connectivity index (χ1) is 9.65. The lowest BCUT2D eigenvalue weighted by molar-refractivity contribution is -0.116. The summed E-state index contributed by atoms with van der Waals surface area (Å²) in [6.45, 7) is 7.33. The summed E-state index contributed by atoms with van der Waals surface area (Å²) in [5.41, 5.74) is 2.22. The first-order valence-electron chi connectivity index (χ1n) is 7.77. The number of rotatable bonds is 9. The molecule has 0 aliphatic rings. The zero-order valence-corrected chi connectivity index (χ0v) is 13.0. The summed E-state index contributed by atoms with van der Waals surface area (Å²) in [6.07, 6.45) is 5.14. The van der Waals surface area contributed by atoms with Crippen LogP contribution in [0.2, 0.25) is 0 Å².